The van der Waals surface area contributed by atoms with E-state index in [-0.39, 0.29) is 18.4 Å². The molecule has 2 N–H and O–H groups in total. The lowest BCUT2D eigenvalue weighted by Gasteiger charge is -2.09. The summed E-state index contributed by atoms with van der Waals surface area (Å²) in [5, 5.41) is 0. The molecule has 68 valence electrons. The van der Waals surface area contributed by atoms with E-state index in [2.05, 4.69) is 35.0 Å². The van der Waals surface area contributed by atoms with E-state index < -0.39 is 0 Å². The van der Waals surface area contributed by atoms with Crippen LogP contribution < -0.4 is 5.73 Å². The zero-order valence-electron chi connectivity index (χ0n) is 7.17. The number of hydrogen-bond donors (Lipinski definition) is 1. The normalized spacial score (nSPS) is 12.0. The zero-order valence-corrected chi connectivity index (χ0v) is 9.58. The molecule has 0 amide bonds. The van der Waals surface area contributed by atoms with Crippen LogP contribution >= 0.6 is 28.3 Å². The molecule has 1 rings (SSSR count). The standard InChI is InChI=1S/C9H12BrN.ClH/c1-6-3-4-8(10)5-9(6)7(2)11;/h3-5,7H,11H2,1-2H3;1H/t7-;/m0./s1. The molecule has 0 heterocycles. The van der Waals surface area contributed by atoms with Crippen LogP contribution in [0.4, 0.5) is 0 Å². The second-order valence-electron chi connectivity index (χ2n) is 2.79. The highest BCUT2D eigenvalue weighted by molar-refractivity contribution is 9.10. The largest absolute Gasteiger partial charge is 0.324 e. The Bertz CT molecular complexity index is 261. The van der Waals surface area contributed by atoms with Gasteiger partial charge >= 0.3 is 0 Å². The van der Waals surface area contributed by atoms with Crippen molar-refractivity contribution in [1.29, 1.82) is 0 Å². The van der Waals surface area contributed by atoms with Gasteiger partial charge in [0, 0.05) is 10.5 Å². The third kappa shape index (κ3) is 2.77. The summed E-state index contributed by atoms with van der Waals surface area (Å²) in [6.45, 7) is 4.07. The fourth-order valence-electron chi connectivity index (χ4n) is 1.10. The molecule has 1 atom stereocenters. The number of hydrogen-bond acceptors (Lipinski definition) is 1. The summed E-state index contributed by atoms with van der Waals surface area (Å²) in [4.78, 5) is 0. The van der Waals surface area contributed by atoms with Crippen LogP contribution in [0.15, 0.2) is 22.7 Å². The van der Waals surface area contributed by atoms with Crippen molar-refractivity contribution < 1.29 is 0 Å². The van der Waals surface area contributed by atoms with Gasteiger partial charge in [0.15, 0.2) is 0 Å². The topological polar surface area (TPSA) is 26.0 Å². The highest BCUT2D eigenvalue weighted by atomic mass is 79.9. The molecule has 0 aliphatic rings. The fourth-order valence-corrected chi connectivity index (χ4v) is 1.48. The van der Waals surface area contributed by atoms with Gasteiger partial charge in [-0.3, -0.25) is 0 Å². The number of rotatable bonds is 1. The third-order valence-corrected chi connectivity index (χ3v) is 2.23. The lowest BCUT2D eigenvalue weighted by Crippen LogP contribution is -2.06. The minimum Gasteiger partial charge on any atom is -0.324 e. The predicted octanol–water partition coefficient (Wildman–Crippen LogP) is 3.20. The SMILES string of the molecule is Cc1ccc(Br)cc1[C@H](C)N.Cl. The maximum atomic E-state index is 5.76. The molecule has 0 radical (unpaired) electrons. The maximum absolute atomic E-state index is 5.76. The van der Waals surface area contributed by atoms with Crippen molar-refractivity contribution >= 4 is 28.3 Å². The lowest BCUT2D eigenvalue weighted by atomic mass is 10.0. The fraction of sp³-hybridized carbons (Fsp3) is 0.333. The highest BCUT2D eigenvalue weighted by Crippen LogP contribution is 2.20. The maximum Gasteiger partial charge on any atom is 0.0269 e. The smallest absolute Gasteiger partial charge is 0.0269 e. The summed E-state index contributed by atoms with van der Waals surface area (Å²) in [6.07, 6.45) is 0. The van der Waals surface area contributed by atoms with Crippen LogP contribution in [0.1, 0.15) is 24.1 Å². The predicted molar refractivity (Wildman–Crippen MR) is 58.7 cm³/mol. The average Bonchev–Trinajstić information content (AvgIpc) is 1.94. The molecule has 0 spiro atoms. The van der Waals surface area contributed by atoms with E-state index in [9.17, 15) is 0 Å². The van der Waals surface area contributed by atoms with Gasteiger partial charge in [-0.1, -0.05) is 22.0 Å². The van der Waals surface area contributed by atoms with Gasteiger partial charge in [0.05, 0.1) is 0 Å². The lowest BCUT2D eigenvalue weighted by molar-refractivity contribution is 0.809. The van der Waals surface area contributed by atoms with Gasteiger partial charge < -0.3 is 5.73 Å². The van der Waals surface area contributed by atoms with Gasteiger partial charge in [0.25, 0.3) is 0 Å². The zero-order chi connectivity index (χ0) is 8.43. The Balaban J connectivity index is 0.00000121. The molecule has 12 heavy (non-hydrogen) atoms. The molecule has 1 aromatic carbocycles. The van der Waals surface area contributed by atoms with Gasteiger partial charge in [-0.15, -0.1) is 12.4 Å². The first-order chi connectivity index (χ1) is 5.11. The number of aryl methyl sites for hydroxylation is 1. The van der Waals surface area contributed by atoms with Crippen molar-refractivity contribution in [1.82, 2.24) is 0 Å². The van der Waals surface area contributed by atoms with Gasteiger partial charge in [0.2, 0.25) is 0 Å². The summed E-state index contributed by atoms with van der Waals surface area (Å²) >= 11 is 3.41. The van der Waals surface area contributed by atoms with Crippen LogP contribution in [0.25, 0.3) is 0 Å². The second kappa shape index (κ2) is 4.85. The minimum atomic E-state index is 0. The van der Waals surface area contributed by atoms with Crippen molar-refractivity contribution in [2.75, 3.05) is 0 Å². The minimum absolute atomic E-state index is 0. The Labute approximate surface area is 87.9 Å². The Morgan fingerprint density at radius 2 is 2.00 bits per heavy atom. The van der Waals surface area contributed by atoms with E-state index in [1.54, 1.807) is 0 Å². The van der Waals surface area contributed by atoms with E-state index in [1.165, 1.54) is 11.1 Å². The Kier molecular flexibility index (Phi) is 4.83. The Morgan fingerprint density at radius 3 is 2.42 bits per heavy atom. The molecule has 1 aromatic rings. The van der Waals surface area contributed by atoms with Gasteiger partial charge in [-0.25, -0.2) is 0 Å². The van der Waals surface area contributed by atoms with E-state index >= 15 is 0 Å². The van der Waals surface area contributed by atoms with Crippen LogP contribution in [0, 0.1) is 6.92 Å². The summed E-state index contributed by atoms with van der Waals surface area (Å²) in [5.41, 5.74) is 8.22. The van der Waals surface area contributed by atoms with Gasteiger partial charge in [-0.05, 0) is 37.1 Å². The highest BCUT2D eigenvalue weighted by Gasteiger charge is 2.02. The molecule has 0 fully saturated rings. The first-order valence-electron chi connectivity index (χ1n) is 3.63. The van der Waals surface area contributed by atoms with Crippen LogP contribution in [-0.2, 0) is 0 Å². The van der Waals surface area contributed by atoms with E-state index in [1.807, 2.05) is 13.0 Å². The van der Waals surface area contributed by atoms with E-state index in [4.69, 9.17) is 5.73 Å². The van der Waals surface area contributed by atoms with Crippen LogP contribution in [-0.4, -0.2) is 0 Å². The van der Waals surface area contributed by atoms with Crippen molar-refractivity contribution in [2.45, 2.75) is 19.9 Å². The first kappa shape index (κ1) is 11.9. The van der Waals surface area contributed by atoms with Crippen LogP contribution in [0.3, 0.4) is 0 Å². The van der Waals surface area contributed by atoms with Crippen molar-refractivity contribution in [3.05, 3.63) is 33.8 Å². The molecule has 0 saturated heterocycles. The molecule has 0 saturated carbocycles. The molecule has 0 bridgehead atoms. The third-order valence-electron chi connectivity index (χ3n) is 1.73. The average molecular weight is 251 g/mol. The van der Waals surface area contributed by atoms with Gasteiger partial charge in [0.1, 0.15) is 0 Å². The van der Waals surface area contributed by atoms with Crippen molar-refractivity contribution in [2.24, 2.45) is 5.73 Å². The molecule has 1 nitrogen and oxygen atoms in total. The van der Waals surface area contributed by atoms with Crippen molar-refractivity contribution in [3.8, 4) is 0 Å². The quantitative estimate of drug-likeness (QED) is 0.814. The number of nitrogens with two attached hydrogens (primary N) is 1. The molecular weight excluding hydrogens is 237 g/mol. The number of halogens is 2. The molecular formula is C9H13BrClN. The molecule has 0 aromatic heterocycles. The van der Waals surface area contributed by atoms with Gasteiger partial charge in [-0.2, -0.15) is 0 Å². The summed E-state index contributed by atoms with van der Waals surface area (Å²) < 4.78 is 1.09. The molecule has 3 heteroatoms. The molecule has 0 unspecified atom stereocenters. The Morgan fingerprint density at radius 1 is 1.42 bits per heavy atom. The molecule has 0 aliphatic carbocycles. The summed E-state index contributed by atoms with van der Waals surface area (Å²) in [5.74, 6) is 0. The second-order valence-corrected chi connectivity index (χ2v) is 3.71. The first-order valence-corrected chi connectivity index (χ1v) is 4.42. The van der Waals surface area contributed by atoms with Crippen LogP contribution in [0.2, 0.25) is 0 Å². The summed E-state index contributed by atoms with van der Waals surface area (Å²) in [7, 11) is 0. The van der Waals surface area contributed by atoms with E-state index in [0.717, 1.165) is 4.47 Å². The summed E-state index contributed by atoms with van der Waals surface area (Å²) in [6, 6.07) is 6.29. The van der Waals surface area contributed by atoms with E-state index in [0.29, 0.717) is 0 Å². The van der Waals surface area contributed by atoms with Crippen molar-refractivity contribution in [3.63, 3.8) is 0 Å². The van der Waals surface area contributed by atoms with Crippen LogP contribution in [0.5, 0.6) is 0 Å². The Hall–Kier alpha value is -0.0500. The monoisotopic (exact) mass is 249 g/mol. The molecule has 0 aliphatic heterocycles. The number of benzene rings is 1.